The molecule has 0 N–H and O–H groups in total. The number of piperazine rings is 1. The molecular formula is C19H31N3OS. The van der Waals surface area contributed by atoms with Gasteiger partial charge >= 0.3 is 0 Å². The number of nitrogens with zero attached hydrogens (tertiary/aromatic N) is 3. The number of carbonyl (C=O) groups excluding carboxylic acids is 1. The van der Waals surface area contributed by atoms with Gasteiger partial charge in [0.25, 0.3) is 0 Å². The Hall–Kier alpha value is -0.910. The molecule has 0 bridgehead atoms. The smallest absolute Gasteiger partial charge is 0.239 e. The maximum atomic E-state index is 12.5. The van der Waals surface area contributed by atoms with Gasteiger partial charge in [0.2, 0.25) is 5.91 Å². The highest BCUT2D eigenvalue weighted by Gasteiger charge is 2.32. The zero-order valence-electron chi connectivity index (χ0n) is 15.2. The van der Waals surface area contributed by atoms with E-state index in [4.69, 9.17) is 0 Å². The molecule has 2 fully saturated rings. The van der Waals surface area contributed by atoms with Crippen molar-refractivity contribution in [1.82, 2.24) is 14.7 Å². The van der Waals surface area contributed by atoms with Crippen LogP contribution in [0.3, 0.4) is 0 Å². The molecule has 5 heteroatoms. The number of unbranched alkanes of at least 4 members (excludes halogenated alkanes) is 1. The molecule has 24 heavy (non-hydrogen) atoms. The third kappa shape index (κ3) is 4.38. The first-order chi connectivity index (χ1) is 11.7. The highest BCUT2D eigenvalue weighted by atomic mass is 32.1. The normalized spacial score (nSPS) is 23.3. The molecule has 2 aliphatic rings. The summed E-state index contributed by atoms with van der Waals surface area (Å²) in [5, 5.41) is 2.31. The standard InChI is InChI=1S/C19H31N3OS/c1-3-4-7-18-19(23)20(2)10-11-22(18)14-17-12-16(15-24-17)13-21-8-5-6-9-21/h12,15,18H,3-11,13-14H2,1-2H3/t18-/m0/s1. The molecule has 134 valence electrons. The summed E-state index contributed by atoms with van der Waals surface area (Å²) in [4.78, 5) is 20.8. The molecule has 4 nitrogen and oxygen atoms in total. The zero-order valence-corrected chi connectivity index (χ0v) is 16.0. The number of likely N-dealkylation sites (tertiary alicyclic amines) is 1. The SMILES string of the molecule is CCCC[C@H]1C(=O)N(C)CCN1Cc1cc(CN2CCCC2)cs1. The predicted molar refractivity (Wildman–Crippen MR) is 100 cm³/mol. The molecule has 3 rings (SSSR count). The topological polar surface area (TPSA) is 26.8 Å². The highest BCUT2D eigenvalue weighted by molar-refractivity contribution is 7.10. The van der Waals surface area contributed by atoms with Gasteiger partial charge in [-0.05, 0) is 49.4 Å². The van der Waals surface area contributed by atoms with Crippen LogP contribution >= 0.6 is 11.3 Å². The number of carbonyl (C=O) groups is 1. The lowest BCUT2D eigenvalue weighted by Gasteiger charge is -2.39. The Labute approximate surface area is 150 Å². The Morgan fingerprint density at radius 1 is 1.17 bits per heavy atom. The number of rotatable bonds is 7. The second-order valence-corrected chi connectivity index (χ2v) is 8.29. The maximum absolute atomic E-state index is 12.5. The van der Waals surface area contributed by atoms with E-state index in [1.807, 2.05) is 23.3 Å². The molecule has 2 aliphatic heterocycles. The van der Waals surface area contributed by atoms with Crippen molar-refractivity contribution in [2.45, 2.75) is 58.2 Å². The number of amides is 1. The molecule has 0 spiro atoms. The number of likely N-dealkylation sites (N-methyl/N-ethyl adjacent to an activating group) is 1. The van der Waals surface area contributed by atoms with Crippen molar-refractivity contribution in [1.29, 1.82) is 0 Å². The molecule has 0 unspecified atom stereocenters. The molecule has 2 saturated heterocycles. The quantitative estimate of drug-likeness (QED) is 0.756. The van der Waals surface area contributed by atoms with Crippen molar-refractivity contribution in [2.24, 2.45) is 0 Å². The van der Waals surface area contributed by atoms with Gasteiger partial charge in [-0.3, -0.25) is 14.6 Å². The molecule has 3 heterocycles. The van der Waals surface area contributed by atoms with Crippen molar-refractivity contribution in [3.05, 3.63) is 21.9 Å². The van der Waals surface area contributed by atoms with Gasteiger partial charge in [-0.25, -0.2) is 0 Å². The van der Waals surface area contributed by atoms with Crippen molar-refractivity contribution < 1.29 is 4.79 Å². The summed E-state index contributed by atoms with van der Waals surface area (Å²) in [7, 11) is 1.94. The summed E-state index contributed by atoms with van der Waals surface area (Å²) in [6.45, 7) is 8.57. The van der Waals surface area contributed by atoms with Crippen LogP contribution in [0.1, 0.15) is 49.5 Å². The Balaban J connectivity index is 1.60. The van der Waals surface area contributed by atoms with Crippen LogP contribution in [0.5, 0.6) is 0 Å². The summed E-state index contributed by atoms with van der Waals surface area (Å²) in [5.41, 5.74) is 1.45. The van der Waals surface area contributed by atoms with Crippen LogP contribution in [0.15, 0.2) is 11.4 Å². The van der Waals surface area contributed by atoms with E-state index in [0.717, 1.165) is 45.4 Å². The average molecular weight is 350 g/mol. The van der Waals surface area contributed by atoms with Crippen molar-refractivity contribution >= 4 is 17.2 Å². The van der Waals surface area contributed by atoms with E-state index in [2.05, 4.69) is 28.2 Å². The van der Waals surface area contributed by atoms with Crippen LogP contribution in [0.25, 0.3) is 0 Å². The first-order valence-corrected chi connectivity index (χ1v) is 10.3. The lowest BCUT2D eigenvalue weighted by molar-refractivity contribution is -0.140. The van der Waals surface area contributed by atoms with Crippen LogP contribution in [-0.4, -0.2) is 59.9 Å². The van der Waals surface area contributed by atoms with E-state index in [1.54, 1.807) is 0 Å². The maximum Gasteiger partial charge on any atom is 0.239 e. The second kappa shape index (κ2) is 8.45. The molecule has 1 aromatic rings. The third-order valence-electron chi connectivity index (χ3n) is 5.33. The van der Waals surface area contributed by atoms with Gasteiger partial charge in [-0.1, -0.05) is 19.8 Å². The van der Waals surface area contributed by atoms with Gasteiger partial charge in [0, 0.05) is 38.1 Å². The minimum atomic E-state index is 0.0767. The predicted octanol–water partition coefficient (Wildman–Crippen LogP) is 3.18. The minimum Gasteiger partial charge on any atom is -0.343 e. The van der Waals surface area contributed by atoms with Crippen LogP contribution in [0.4, 0.5) is 0 Å². The van der Waals surface area contributed by atoms with Gasteiger partial charge in [-0.2, -0.15) is 0 Å². The molecule has 0 aliphatic carbocycles. The summed E-state index contributed by atoms with van der Waals surface area (Å²) in [6, 6.07) is 2.44. The lowest BCUT2D eigenvalue weighted by Crippen LogP contribution is -2.55. The monoisotopic (exact) mass is 349 g/mol. The molecule has 0 aromatic carbocycles. The number of hydrogen-bond donors (Lipinski definition) is 0. The van der Waals surface area contributed by atoms with E-state index < -0.39 is 0 Å². The molecule has 1 atom stereocenters. The molecular weight excluding hydrogens is 318 g/mol. The fourth-order valence-electron chi connectivity index (χ4n) is 3.84. The second-order valence-electron chi connectivity index (χ2n) is 7.29. The van der Waals surface area contributed by atoms with Crippen LogP contribution in [-0.2, 0) is 17.9 Å². The Morgan fingerprint density at radius 3 is 2.71 bits per heavy atom. The summed E-state index contributed by atoms with van der Waals surface area (Å²) >= 11 is 1.86. The van der Waals surface area contributed by atoms with Crippen molar-refractivity contribution in [2.75, 3.05) is 33.2 Å². The van der Waals surface area contributed by atoms with Crippen LogP contribution in [0.2, 0.25) is 0 Å². The van der Waals surface area contributed by atoms with Crippen molar-refractivity contribution in [3.63, 3.8) is 0 Å². The number of hydrogen-bond acceptors (Lipinski definition) is 4. The summed E-state index contributed by atoms with van der Waals surface area (Å²) in [6.07, 6.45) is 5.97. The van der Waals surface area contributed by atoms with Crippen LogP contribution in [0, 0.1) is 0 Å². The Bertz CT molecular complexity index is 538. The summed E-state index contributed by atoms with van der Waals surface area (Å²) < 4.78 is 0. The Morgan fingerprint density at radius 2 is 1.96 bits per heavy atom. The van der Waals surface area contributed by atoms with E-state index in [-0.39, 0.29) is 6.04 Å². The van der Waals surface area contributed by atoms with Crippen molar-refractivity contribution in [3.8, 4) is 0 Å². The average Bonchev–Trinajstić information content (AvgIpc) is 3.23. The molecule has 0 radical (unpaired) electrons. The van der Waals surface area contributed by atoms with Gasteiger partial charge in [0.05, 0.1) is 6.04 Å². The third-order valence-corrected chi connectivity index (χ3v) is 6.30. The highest BCUT2D eigenvalue weighted by Crippen LogP contribution is 2.24. The van der Waals surface area contributed by atoms with E-state index in [0.29, 0.717) is 5.91 Å². The fraction of sp³-hybridized carbons (Fsp3) is 0.737. The first-order valence-electron chi connectivity index (χ1n) is 9.45. The fourth-order valence-corrected chi connectivity index (χ4v) is 4.74. The first kappa shape index (κ1) is 17.9. The van der Waals surface area contributed by atoms with E-state index >= 15 is 0 Å². The molecule has 1 aromatic heterocycles. The number of thiophene rings is 1. The zero-order chi connectivity index (χ0) is 16.9. The largest absolute Gasteiger partial charge is 0.343 e. The van der Waals surface area contributed by atoms with E-state index in [1.165, 1.54) is 36.4 Å². The van der Waals surface area contributed by atoms with Crippen LogP contribution < -0.4 is 0 Å². The minimum absolute atomic E-state index is 0.0767. The molecule has 1 amide bonds. The van der Waals surface area contributed by atoms with Gasteiger partial charge in [0.1, 0.15) is 0 Å². The summed E-state index contributed by atoms with van der Waals surface area (Å²) in [5.74, 6) is 0.309. The lowest BCUT2D eigenvalue weighted by atomic mass is 10.0. The van der Waals surface area contributed by atoms with Gasteiger partial charge in [0.15, 0.2) is 0 Å². The Kier molecular flexibility index (Phi) is 6.31. The van der Waals surface area contributed by atoms with Gasteiger partial charge in [-0.15, -0.1) is 11.3 Å². The van der Waals surface area contributed by atoms with Gasteiger partial charge < -0.3 is 4.90 Å². The van der Waals surface area contributed by atoms with E-state index in [9.17, 15) is 4.79 Å². The molecule has 0 saturated carbocycles.